The first-order valence-corrected chi connectivity index (χ1v) is 6.28. The quantitative estimate of drug-likeness (QED) is 0.335. The predicted octanol–water partition coefficient (Wildman–Crippen LogP) is 2.46. The van der Waals surface area contributed by atoms with Crippen molar-refractivity contribution in [2.45, 2.75) is 58.9 Å². The van der Waals surface area contributed by atoms with E-state index in [1.807, 2.05) is 0 Å². The van der Waals surface area contributed by atoms with Gasteiger partial charge in [-0.2, -0.15) is 0 Å². The Morgan fingerprint density at radius 1 is 1.13 bits per heavy atom. The molecule has 0 aliphatic rings. The van der Waals surface area contributed by atoms with Gasteiger partial charge in [-0.15, -0.1) is 0 Å². The van der Waals surface area contributed by atoms with Crippen LogP contribution < -0.4 is 11.3 Å². The van der Waals surface area contributed by atoms with Crippen LogP contribution in [0, 0.1) is 5.92 Å². The summed E-state index contributed by atoms with van der Waals surface area (Å²) in [5.74, 6) is 6.28. The van der Waals surface area contributed by atoms with Crippen LogP contribution in [0.4, 0.5) is 0 Å². The van der Waals surface area contributed by atoms with Gasteiger partial charge >= 0.3 is 0 Å². The molecule has 0 bridgehead atoms. The van der Waals surface area contributed by atoms with E-state index < -0.39 is 0 Å². The molecule has 15 heavy (non-hydrogen) atoms. The largest absolute Gasteiger partial charge is 0.381 e. The molecule has 0 spiro atoms. The summed E-state index contributed by atoms with van der Waals surface area (Å²) in [6.07, 6.45) is 5.80. The first-order chi connectivity index (χ1) is 7.24. The summed E-state index contributed by atoms with van der Waals surface area (Å²) in [5, 5.41) is 0. The molecule has 3 N–H and O–H groups in total. The minimum atomic E-state index is 0.406. The van der Waals surface area contributed by atoms with Crippen LogP contribution in [0.15, 0.2) is 0 Å². The Hall–Kier alpha value is -0.120. The molecule has 0 aromatic rings. The maximum absolute atomic E-state index is 5.53. The molecule has 2 unspecified atom stereocenters. The van der Waals surface area contributed by atoms with Crippen molar-refractivity contribution in [1.29, 1.82) is 0 Å². The van der Waals surface area contributed by atoms with Gasteiger partial charge in [-0.1, -0.05) is 33.6 Å². The molecule has 0 saturated carbocycles. The lowest BCUT2D eigenvalue weighted by molar-refractivity contribution is 0.121. The van der Waals surface area contributed by atoms with E-state index in [2.05, 4.69) is 26.2 Å². The van der Waals surface area contributed by atoms with Crippen molar-refractivity contribution in [3.05, 3.63) is 0 Å². The predicted molar refractivity (Wildman–Crippen MR) is 65.5 cm³/mol. The van der Waals surface area contributed by atoms with Gasteiger partial charge in [0.25, 0.3) is 0 Å². The second-order valence-corrected chi connectivity index (χ2v) is 4.39. The molecule has 0 fully saturated rings. The lowest BCUT2D eigenvalue weighted by atomic mass is 9.96. The molecule has 2 atom stereocenters. The highest BCUT2D eigenvalue weighted by Gasteiger charge is 2.10. The van der Waals surface area contributed by atoms with Crippen LogP contribution in [0.1, 0.15) is 52.9 Å². The Morgan fingerprint density at radius 2 is 1.87 bits per heavy atom. The lowest BCUT2D eigenvalue weighted by Crippen LogP contribution is -2.37. The fourth-order valence-corrected chi connectivity index (χ4v) is 1.84. The van der Waals surface area contributed by atoms with Crippen LogP contribution in [-0.2, 0) is 4.74 Å². The van der Waals surface area contributed by atoms with Gasteiger partial charge in [-0.3, -0.25) is 11.3 Å². The summed E-state index contributed by atoms with van der Waals surface area (Å²) in [6, 6.07) is 0.406. The van der Waals surface area contributed by atoms with Gasteiger partial charge in [-0.05, 0) is 25.2 Å². The molecule has 92 valence electrons. The van der Waals surface area contributed by atoms with E-state index >= 15 is 0 Å². The number of ether oxygens (including phenoxy) is 1. The molecule has 0 aromatic carbocycles. The number of hydrogen-bond acceptors (Lipinski definition) is 3. The van der Waals surface area contributed by atoms with Crippen molar-refractivity contribution < 1.29 is 4.74 Å². The average Bonchev–Trinajstić information content (AvgIpc) is 2.23. The van der Waals surface area contributed by atoms with Gasteiger partial charge in [0, 0.05) is 19.3 Å². The number of hydrazine groups is 1. The Morgan fingerprint density at radius 3 is 2.40 bits per heavy atom. The summed E-state index contributed by atoms with van der Waals surface area (Å²) in [5.41, 5.74) is 2.89. The summed E-state index contributed by atoms with van der Waals surface area (Å²) >= 11 is 0. The fraction of sp³-hybridized carbons (Fsp3) is 1.00. The van der Waals surface area contributed by atoms with E-state index in [0.717, 1.165) is 38.4 Å². The van der Waals surface area contributed by atoms with E-state index in [9.17, 15) is 0 Å². The minimum Gasteiger partial charge on any atom is -0.381 e. The van der Waals surface area contributed by atoms with Crippen molar-refractivity contribution >= 4 is 0 Å². The van der Waals surface area contributed by atoms with Gasteiger partial charge < -0.3 is 4.74 Å². The molecular weight excluding hydrogens is 188 g/mol. The SMILES string of the molecule is CCCOCCC(CC(C)CCC)NN. The van der Waals surface area contributed by atoms with Crippen LogP contribution in [0.2, 0.25) is 0 Å². The zero-order valence-electron chi connectivity index (χ0n) is 10.6. The third-order valence-corrected chi connectivity index (χ3v) is 2.66. The summed E-state index contributed by atoms with van der Waals surface area (Å²) in [6.45, 7) is 8.33. The molecule has 3 nitrogen and oxygen atoms in total. The van der Waals surface area contributed by atoms with Gasteiger partial charge in [0.15, 0.2) is 0 Å². The molecule has 0 aromatic heterocycles. The Kier molecular flexibility index (Phi) is 10.3. The Bertz CT molecular complexity index is 131. The lowest BCUT2D eigenvalue weighted by Gasteiger charge is -2.19. The molecule has 3 heteroatoms. The number of rotatable bonds is 10. The normalized spacial score (nSPS) is 15.2. The van der Waals surface area contributed by atoms with E-state index in [-0.39, 0.29) is 0 Å². The highest BCUT2D eigenvalue weighted by Crippen LogP contribution is 2.13. The van der Waals surface area contributed by atoms with E-state index in [0.29, 0.717) is 6.04 Å². The highest BCUT2D eigenvalue weighted by molar-refractivity contribution is 4.67. The van der Waals surface area contributed by atoms with Crippen LogP contribution in [-0.4, -0.2) is 19.3 Å². The van der Waals surface area contributed by atoms with Gasteiger partial charge in [-0.25, -0.2) is 0 Å². The van der Waals surface area contributed by atoms with Crippen molar-refractivity contribution in [2.75, 3.05) is 13.2 Å². The van der Waals surface area contributed by atoms with E-state index in [1.165, 1.54) is 12.8 Å². The monoisotopic (exact) mass is 216 g/mol. The van der Waals surface area contributed by atoms with Crippen LogP contribution in [0.5, 0.6) is 0 Å². The molecule has 0 rings (SSSR count). The smallest absolute Gasteiger partial charge is 0.0481 e. The van der Waals surface area contributed by atoms with Gasteiger partial charge in [0.1, 0.15) is 0 Å². The number of nitrogens with one attached hydrogen (secondary N) is 1. The first kappa shape index (κ1) is 14.9. The molecule has 0 amide bonds. The number of nitrogens with two attached hydrogens (primary N) is 1. The molecule has 0 heterocycles. The zero-order chi connectivity index (χ0) is 11.5. The summed E-state index contributed by atoms with van der Waals surface area (Å²) < 4.78 is 5.46. The maximum atomic E-state index is 5.53. The summed E-state index contributed by atoms with van der Waals surface area (Å²) in [7, 11) is 0. The highest BCUT2D eigenvalue weighted by atomic mass is 16.5. The Labute approximate surface area is 94.7 Å². The van der Waals surface area contributed by atoms with Crippen LogP contribution >= 0.6 is 0 Å². The first-order valence-electron chi connectivity index (χ1n) is 6.28. The second kappa shape index (κ2) is 10.4. The zero-order valence-corrected chi connectivity index (χ0v) is 10.6. The van der Waals surface area contributed by atoms with Crippen molar-refractivity contribution in [1.82, 2.24) is 5.43 Å². The van der Waals surface area contributed by atoms with Crippen molar-refractivity contribution in [2.24, 2.45) is 11.8 Å². The average molecular weight is 216 g/mol. The standard InChI is InChI=1S/C12H28N2O/c1-4-6-11(3)10-12(14-13)7-9-15-8-5-2/h11-12,14H,4-10,13H2,1-3H3. The van der Waals surface area contributed by atoms with Crippen molar-refractivity contribution in [3.63, 3.8) is 0 Å². The molecular formula is C12H28N2O. The van der Waals surface area contributed by atoms with E-state index in [1.54, 1.807) is 0 Å². The Balaban J connectivity index is 3.53. The summed E-state index contributed by atoms with van der Waals surface area (Å²) in [4.78, 5) is 0. The molecule has 0 saturated heterocycles. The molecule has 0 radical (unpaired) electrons. The fourth-order valence-electron chi connectivity index (χ4n) is 1.84. The second-order valence-electron chi connectivity index (χ2n) is 4.39. The van der Waals surface area contributed by atoms with E-state index in [4.69, 9.17) is 10.6 Å². The maximum Gasteiger partial charge on any atom is 0.0481 e. The molecule has 0 aliphatic heterocycles. The van der Waals surface area contributed by atoms with Gasteiger partial charge in [0.2, 0.25) is 0 Å². The van der Waals surface area contributed by atoms with Crippen molar-refractivity contribution in [3.8, 4) is 0 Å². The van der Waals surface area contributed by atoms with Crippen LogP contribution in [0.3, 0.4) is 0 Å². The van der Waals surface area contributed by atoms with Crippen LogP contribution in [0.25, 0.3) is 0 Å². The third kappa shape index (κ3) is 8.85. The number of hydrogen-bond donors (Lipinski definition) is 2. The van der Waals surface area contributed by atoms with Gasteiger partial charge in [0.05, 0.1) is 0 Å². The molecule has 0 aliphatic carbocycles. The minimum absolute atomic E-state index is 0.406. The third-order valence-electron chi connectivity index (χ3n) is 2.66. The topological polar surface area (TPSA) is 47.3 Å².